The second kappa shape index (κ2) is 4.52. The number of H-pyrrole nitrogens is 1. The first-order valence-corrected chi connectivity index (χ1v) is 5.72. The zero-order valence-corrected chi connectivity index (χ0v) is 10.2. The fraction of sp³-hybridized carbons (Fsp3) is 0.357. The second-order valence-corrected chi connectivity index (χ2v) is 4.34. The van der Waals surface area contributed by atoms with Gasteiger partial charge in [-0.3, -0.25) is 0 Å². The Bertz CT molecular complexity index is 463. The molecule has 2 heteroatoms. The maximum absolute atomic E-state index is 4.33. The summed E-state index contributed by atoms with van der Waals surface area (Å²) < 4.78 is 0. The van der Waals surface area contributed by atoms with Gasteiger partial charge in [0.15, 0.2) is 0 Å². The Morgan fingerprint density at radius 3 is 2.31 bits per heavy atom. The zero-order chi connectivity index (χ0) is 11.5. The fourth-order valence-electron chi connectivity index (χ4n) is 2.13. The summed E-state index contributed by atoms with van der Waals surface area (Å²) in [5.41, 5.74) is 6.60. The minimum Gasteiger partial charge on any atom is -0.348 e. The summed E-state index contributed by atoms with van der Waals surface area (Å²) in [5, 5.41) is 0. The minimum atomic E-state index is 1.01. The molecule has 1 aromatic carbocycles. The molecule has 0 spiro atoms. The highest BCUT2D eigenvalue weighted by molar-refractivity contribution is 5.34. The standard InChI is InChI=1S/C14H18N2/c1-10-5-4-6-11(2)13(10)7-8-14-12(3)15-9-16-14/h4-6,9H,7-8H2,1-3H3,(H,15,16). The molecule has 0 fully saturated rings. The number of benzene rings is 1. The van der Waals surface area contributed by atoms with Gasteiger partial charge in [0.2, 0.25) is 0 Å². The molecule has 2 rings (SSSR count). The van der Waals surface area contributed by atoms with Gasteiger partial charge in [0.25, 0.3) is 0 Å². The van der Waals surface area contributed by atoms with Crippen molar-refractivity contribution < 1.29 is 0 Å². The van der Waals surface area contributed by atoms with E-state index in [0.29, 0.717) is 0 Å². The Morgan fingerprint density at radius 2 is 1.75 bits per heavy atom. The smallest absolute Gasteiger partial charge is 0.0925 e. The van der Waals surface area contributed by atoms with Crippen molar-refractivity contribution in [1.29, 1.82) is 0 Å². The number of nitrogens with one attached hydrogen (secondary N) is 1. The van der Waals surface area contributed by atoms with Crippen molar-refractivity contribution in [3.63, 3.8) is 0 Å². The normalized spacial score (nSPS) is 10.7. The summed E-state index contributed by atoms with van der Waals surface area (Å²) in [7, 11) is 0. The molecule has 1 heterocycles. The summed E-state index contributed by atoms with van der Waals surface area (Å²) in [6.07, 6.45) is 3.86. The van der Waals surface area contributed by atoms with E-state index in [1.165, 1.54) is 28.1 Å². The van der Waals surface area contributed by atoms with Crippen LogP contribution in [0.15, 0.2) is 24.5 Å². The molecule has 0 atom stereocenters. The highest BCUT2D eigenvalue weighted by Crippen LogP contribution is 2.16. The van der Waals surface area contributed by atoms with Crippen molar-refractivity contribution in [2.45, 2.75) is 33.6 Å². The molecule has 0 aliphatic heterocycles. The average Bonchev–Trinajstić information content (AvgIpc) is 2.64. The molecule has 16 heavy (non-hydrogen) atoms. The lowest BCUT2D eigenvalue weighted by Crippen LogP contribution is -1.98. The molecule has 0 saturated heterocycles. The van der Waals surface area contributed by atoms with Gasteiger partial charge in [0.1, 0.15) is 0 Å². The van der Waals surface area contributed by atoms with Gasteiger partial charge in [-0.2, -0.15) is 0 Å². The van der Waals surface area contributed by atoms with Crippen LogP contribution in [0.5, 0.6) is 0 Å². The lowest BCUT2D eigenvalue weighted by atomic mass is 9.98. The summed E-state index contributed by atoms with van der Waals surface area (Å²) in [6, 6.07) is 6.48. The molecule has 0 radical (unpaired) electrons. The number of hydrogen-bond donors (Lipinski definition) is 1. The third-order valence-electron chi connectivity index (χ3n) is 3.19. The summed E-state index contributed by atoms with van der Waals surface area (Å²) >= 11 is 0. The molecular weight excluding hydrogens is 196 g/mol. The van der Waals surface area contributed by atoms with Crippen LogP contribution in [0, 0.1) is 20.8 Å². The summed E-state index contributed by atoms with van der Waals surface area (Å²) in [6.45, 7) is 6.44. The predicted molar refractivity (Wildman–Crippen MR) is 66.6 cm³/mol. The summed E-state index contributed by atoms with van der Waals surface area (Å²) in [5.74, 6) is 0. The van der Waals surface area contributed by atoms with E-state index in [2.05, 4.69) is 48.9 Å². The molecule has 0 unspecified atom stereocenters. The Morgan fingerprint density at radius 1 is 1.06 bits per heavy atom. The van der Waals surface area contributed by atoms with Crippen LogP contribution in [-0.4, -0.2) is 9.97 Å². The molecule has 0 aliphatic rings. The number of nitrogens with zero attached hydrogens (tertiary/aromatic N) is 1. The Hall–Kier alpha value is -1.57. The van der Waals surface area contributed by atoms with E-state index in [0.717, 1.165) is 12.8 Å². The van der Waals surface area contributed by atoms with Gasteiger partial charge in [-0.05, 0) is 50.3 Å². The lowest BCUT2D eigenvalue weighted by Gasteiger charge is -2.08. The maximum atomic E-state index is 4.33. The first-order chi connectivity index (χ1) is 7.68. The number of aromatic nitrogens is 2. The van der Waals surface area contributed by atoms with E-state index < -0.39 is 0 Å². The lowest BCUT2D eigenvalue weighted by molar-refractivity contribution is 0.898. The van der Waals surface area contributed by atoms with Crippen LogP contribution in [0.3, 0.4) is 0 Å². The maximum Gasteiger partial charge on any atom is 0.0925 e. The molecule has 1 aromatic heterocycles. The molecule has 0 amide bonds. The van der Waals surface area contributed by atoms with Crippen molar-refractivity contribution in [3.05, 3.63) is 52.6 Å². The second-order valence-electron chi connectivity index (χ2n) is 4.34. The van der Waals surface area contributed by atoms with Gasteiger partial charge in [-0.1, -0.05) is 18.2 Å². The quantitative estimate of drug-likeness (QED) is 0.835. The molecular formula is C14H18N2. The van der Waals surface area contributed by atoms with E-state index in [1.807, 2.05) is 0 Å². The number of hydrogen-bond acceptors (Lipinski definition) is 1. The predicted octanol–water partition coefficient (Wildman–Crippen LogP) is 3.12. The van der Waals surface area contributed by atoms with E-state index in [4.69, 9.17) is 0 Å². The average molecular weight is 214 g/mol. The Kier molecular flexibility index (Phi) is 3.09. The number of aryl methyl sites for hydroxylation is 4. The van der Waals surface area contributed by atoms with Crippen LogP contribution >= 0.6 is 0 Å². The molecule has 2 aromatic rings. The first kappa shape index (κ1) is 10.9. The molecule has 1 N–H and O–H groups in total. The Labute approximate surface area is 96.7 Å². The van der Waals surface area contributed by atoms with Crippen molar-refractivity contribution in [3.8, 4) is 0 Å². The Balaban J connectivity index is 2.14. The highest BCUT2D eigenvalue weighted by atomic mass is 14.9. The topological polar surface area (TPSA) is 28.7 Å². The first-order valence-electron chi connectivity index (χ1n) is 5.72. The molecule has 0 aliphatic carbocycles. The number of rotatable bonds is 3. The van der Waals surface area contributed by atoms with E-state index in [1.54, 1.807) is 6.33 Å². The van der Waals surface area contributed by atoms with Gasteiger partial charge >= 0.3 is 0 Å². The van der Waals surface area contributed by atoms with E-state index in [9.17, 15) is 0 Å². The third kappa shape index (κ3) is 2.16. The largest absolute Gasteiger partial charge is 0.348 e. The van der Waals surface area contributed by atoms with Crippen molar-refractivity contribution in [1.82, 2.24) is 9.97 Å². The van der Waals surface area contributed by atoms with Crippen LogP contribution in [0.4, 0.5) is 0 Å². The van der Waals surface area contributed by atoms with Crippen molar-refractivity contribution in [2.75, 3.05) is 0 Å². The molecule has 2 nitrogen and oxygen atoms in total. The highest BCUT2D eigenvalue weighted by Gasteiger charge is 2.05. The summed E-state index contributed by atoms with van der Waals surface area (Å²) in [4.78, 5) is 7.46. The van der Waals surface area contributed by atoms with Crippen molar-refractivity contribution >= 4 is 0 Å². The van der Waals surface area contributed by atoms with E-state index >= 15 is 0 Å². The third-order valence-corrected chi connectivity index (χ3v) is 3.19. The van der Waals surface area contributed by atoms with Gasteiger partial charge < -0.3 is 4.98 Å². The molecule has 0 saturated carbocycles. The fourth-order valence-corrected chi connectivity index (χ4v) is 2.13. The van der Waals surface area contributed by atoms with Crippen LogP contribution in [-0.2, 0) is 12.8 Å². The van der Waals surface area contributed by atoms with Gasteiger partial charge in [-0.25, -0.2) is 4.98 Å². The van der Waals surface area contributed by atoms with Gasteiger partial charge in [0, 0.05) is 5.69 Å². The van der Waals surface area contributed by atoms with Crippen LogP contribution in [0.1, 0.15) is 28.1 Å². The van der Waals surface area contributed by atoms with Crippen LogP contribution in [0.2, 0.25) is 0 Å². The SMILES string of the molecule is Cc1cccc(C)c1CCc1nc[nH]c1C. The van der Waals surface area contributed by atoms with Crippen LogP contribution < -0.4 is 0 Å². The van der Waals surface area contributed by atoms with Crippen molar-refractivity contribution in [2.24, 2.45) is 0 Å². The van der Waals surface area contributed by atoms with Gasteiger partial charge in [0.05, 0.1) is 12.0 Å². The van der Waals surface area contributed by atoms with Crippen LogP contribution in [0.25, 0.3) is 0 Å². The van der Waals surface area contributed by atoms with E-state index in [-0.39, 0.29) is 0 Å². The number of aromatic amines is 1. The monoisotopic (exact) mass is 214 g/mol. The number of imidazole rings is 1. The minimum absolute atomic E-state index is 1.01. The van der Waals surface area contributed by atoms with Gasteiger partial charge in [-0.15, -0.1) is 0 Å². The molecule has 84 valence electrons. The zero-order valence-electron chi connectivity index (χ0n) is 10.2. The molecule has 0 bridgehead atoms.